The SMILES string of the molecule is COc1ccc(-c2nnc([C@@H](C)OC(=O)Cc3c(F)cccc3Cl)o2)cc1. The maximum absolute atomic E-state index is 13.8. The average Bonchev–Trinajstić information content (AvgIpc) is 3.15. The first-order valence-electron chi connectivity index (χ1n) is 8.08. The zero-order valence-electron chi connectivity index (χ0n) is 14.6. The molecule has 6 nitrogen and oxygen atoms in total. The Hall–Kier alpha value is -2.93. The summed E-state index contributed by atoms with van der Waals surface area (Å²) in [5, 5.41) is 8.02. The molecule has 140 valence electrons. The standard InChI is InChI=1S/C19H16ClFN2O4/c1-11(26-17(24)10-14-15(20)4-3-5-16(14)21)18-22-23-19(27-18)12-6-8-13(25-2)9-7-12/h3-9,11H,10H2,1-2H3/t11-/m1/s1. The van der Waals surface area contributed by atoms with Crippen LogP contribution in [0.5, 0.6) is 5.75 Å². The molecule has 2 aromatic carbocycles. The third-order valence-electron chi connectivity index (χ3n) is 3.82. The number of carbonyl (C=O) groups excluding carboxylic acids is 1. The van der Waals surface area contributed by atoms with Crippen LogP contribution >= 0.6 is 11.6 Å². The van der Waals surface area contributed by atoms with E-state index in [2.05, 4.69) is 10.2 Å². The molecule has 8 heteroatoms. The second-order valence-electron chi connectivity index (χ2n) is 5.68. The molecule has 0 amide bonds. The van der Waals surface area contributed by atoms with Crippen LogP contribution in [0.3, 0.4) is 0 Å². The van der Waals surface area contributed by atoms with E-state index < -0.39 is 17.9 Å². The van der Waals surface area contributed by atoms with E-state index in [-0.39, 0.29) is 28.8 Å². The van der Waals surface area contributed by atoms with Crippen LogP contribution in [0.15, 0.2) is 46.9 Å². The van der Waals surface area contributed by atoms with Crippen molar-refractivity contribution in [1.82, 2.24) is 10.2 Å². The number of methoxy groups -OCH3 is 1. The van der Waals surface area contributed by atoms with Crippen molar-refractivity contribution in [3.05, 3.63) is 64.8 Å². The maximum atomic E-state index is 13.8. The van der Waals surface area contributed by atoms with E-state index in [1.165, 1.54) is 18.2 Å². The number of hydrogen-bond donors (Lipinski definition) is 0. The summed E-state index contributed by atoms with van der Waals surface area (Å²) in [5.74, 6) is -0.0977. The fourth-order valence-corrected chi connectivity index (χ4v) is 2.61. The summed E-state index contributed by atoms with van der Waals surface area (Å²) in [7, 11) is 1.57. The van der Waals surface area contributed by atoms with Gasteiger partial charge in [-0.3, -0.25) is 4.79 Å². The molecule has 0 radical (unpaired) electrons. The Morgan fingerprint density at radius 2 is 1.96 bits per heavy atom. The molecule has 0 unspecified atom stereocenters. The summed E-state index contributed by atoms with van der Waals surface area (Å²) >= 11 is 5.92. The number of carbonyl (C=O) groups is 1. The summed E-state index contributed by atoms with van der Waals surface area (Å²) in [4.78, 5) is 12.1. The van der Waals surface area contributed by atoms with Gasteiger partial charge in [-0.1, -0.05) is 17.7 Å². The number of nitrogens with zero attached hydrogens (tertiary/aromatic N) is 2. The summed E-state index contributed by atoms with van der Waals surface area (Å²) in [6.07, 6.45) is -1.09. The number of benzene rings is 2. The van der Waals surface area contributed by atoms with Crippen LogP contribution in [0, 0.1) is 5.82 Å². The molecule has 1 atom stereocenters. The van der Waals surface area contributed by atoms with Crippen LogP contribution in [-0.2, 0) is 16.0 Å². The van der Waals surface area contributed by atoms with Gasteiger partial charge in [-0.25, -0.2) is 4.39 Å². The van der Waals surface area contributed by atoms with Crippen LogP contribution < -0.4 is 4.74 Å². The highest BCUT2D eigenvalue weighted by Gasteiger charge is 2.21. The lowest BCUT2D eigenvalue weighted by atomic mass is 10.1. The van der Waals surface area contributed by atoms with Crippen molar-refractivity contribution in [2.75, 3.05) is 7.11 Å². The van der Waals surface area contributed by atoms with E-state index in [4.69, 9.17) is 25.5 Å². The van der Waals surface area contributed by atoms with Gasteiger partial charge in [0.25, 0.3) is 5.89 Å². The highest BCUT2D eigenvalue weighted by atomic mass is 35.5. The van der Waals surface area contributed by atoms with E-state index >= 15 is 0 Å². The minimum absolute atomic E-state index is 0.0841. The molecule has 0 saturated heterocycles. The predicted molar refractivity (Wildman–Crippen MR) is 95.9 cm³/mol. The fraction of sp³-hybridized carbons (Fsp3) is 0.211. The van der Waals surface area contributed by atoms with Crippen LogP contribution in [0.1, 0.15) is 24.5 Å². The first kappa shape index (κ1) is 18.8. The molecule has 3 aromatic rings. The van der Waals surface area contributed by atoms with Crippen LogP contribution in [0.2, 0.25) is 5.02 Å². The lowest BCUT2D eigenvalue weighted by molar-refractivity contribution is -0.148. The summed E-state index contributed by atoms with van der Waals surface area (Å²) < 4.78 is 29.7. The second-order valence-corrected chi connectivity index (χ2v) is 6.09. The van der Waals surface area contributed by atoms with Crippen molar-refractivity contribution in [1.29, 1.82) is 0 Å². The fourth-order valence-electron chi connectivity index (χ4n) is 2.38. The second kappa shape index (κ2) is 8.18. The van der Waals surface area contributed by atoms with Gasteiger partial charge in [0.05, 0.1) is 13.5 Å². The largest absolute Gasteiger partial charge is 0.497 e. The summed E-state index contributed by atoms with van der Waals surface area (Å²) in [5.41, 5.74) is 0.784. The Labute approximate surface area is 159 Å². The number of hydrogen-bond acceptors (Lipinski definition) is 6. The summed E-state index contributed by atoms with van der Waals surface area (Å²) in [6.45, 7) is 1.59. The number of ether oxygens (including phenoxy) is 2. The van der Waals surface area contributed by atoms with E-state index in [9.17, 15) is 9.18 Å². The molecule has 3 rings (SSSR count). The van der Waals surface area contributed by atoms with Gasteiger partial charge >= 0.3 is 5.97 Å². The number of esters is 1. The highest BCUT2D eigenvalue weighted by molar-refractivity contribution is 6.31. The minimum atomic E-state index is -0.789. The number of halogens is 2. The van der Waals surface area contributed by atoms with Gasteiger partial charge in [-0.2, -0.15) is 0 Å². The van der Waals surface area contributed by atoms with Crippen molar-refractivity contribution < 1.29 is 23.1 Å². The van der Waals surface area contributed by atoms with Gasteiger partial charge in [0, 0.05) is 16.1 Å². The van der Waals surface area contributed by atoms with Crippen LogP contribution in [0.25, 0.3) is 11.5 Å². The zero-order chi connectivity index (χ0) is 19.4. The first-order chi connectivity index (χ1) is 13.0. The quantitative estimate of drug-likeness (QED) is 0.581. The highest BCUT2D eigenvalue weighted by Crippen LogP contribution is 2.25. The molecule has 0 saturated carbocycles. The predicted octanol–water partition coefficient (Wildman–Crippen LogP) is 4.38. The molecule has 0 spiro atoms. The van der Waals surface area contributed by atoms with E-state index in [1.807, 2.05) is 0 Å². The molecule has 1 aromatic heterocycles. The maximum Gasteiger partial charge on any atom is 0.311 e. The Bertz CT molecular complexity index is 923. The van der Waals surface area contributed by atoms with Crippen molar-refractivity contribution in [2.24, 2.45) is 0 Å². The van der Waals surface area contributed by atoms with Crippen molar-refractivity contribution >= 4 is 17.6 Å². The molecule has 0 aliphatic rings. The molecule has 27 heavy (non-hydrogen) atoms. The molecule has 0 N–H and O–H groups in total. The van der Waals surface area contributed by atoms with Gasteiger partial charge in [0.2, 0.25) is 5.89 Å². The molecule has 0 aliphatic carbocycles. The minimum Gasteiger partial charge on any atom is -0.497 e. The average molecular weight is 391 g/mol. The van der Waals surface area contributed by atoms with Gasteiger partial charge in [0.1, 0.15) is 11.6 Å². The lowest BCUT2D eigenvalue weighted by Crippen LogP contribution is -2.13. The first-order valence-corrected chi connectivity index (χ1v) is 8.46. The zero-order valence-corrected chi connectivity index (χ0v) is 15.4. The van der Waals surface area contributed by atoms with E-state index in [0.29, 0.717) is 11.3 Å². The molecular formula is C19H16ClFN2O4. The molecule has 0 fully saturated rings. The Balaban J connectivity index is 1.66. The van der Waals surface area contributed by atoms with Gasteiger partial charge < -0.3 is 13.9 Å². The molecule has 1 heterocycles. The number of aromatic nitrogens is 2. The molecular weight excluding hydrogens is 375 g/mol. The Morgan fingerprint density at radius 3 is 2.63 bits per heavy atom. The Kier molecular flexibility index (Phi) is 5.71. The molecule has 0 bridgehead atoms. The van der Waals surface area contributed by atoms with E-state index in [0.717, 1.165) is 0 Å². The van der Waals surface area contributed by atoms with Gasteiger partial charge in [0.15, 0.2) is 6.10 Å². The van der Waals surface area contributed by atoms with Gasteiger partial charge in [-0.15, -0.1) is 10.2 Å². The molecule has 0 aliphatic heterocycles. The van der Waals surface area contributed by atoms with Crippen LogP contribution in [-0.4, -0.2) is 23.3 Å². The third kappa shape index (κ3) is 4.43. The normalized spacial score (nSPS) is 11.9. The number of rotatable bonds is 6. The van der Waals surface area contributed by atoms with Crippen molar-refractivity contribution in [3.63, 3.8) is 0 Å². The van der Waals surface area contributed by atoms with Crippen LogP contribution in [0.4, 0.5) is 4.39 Å². The van der Waals surface area contributed by atoms with Crippen molar-refractivity contribution in [3.8, 4) is 17.2 Å². The summed E-state index contributed by atoms with van der Waals surface area (Å²) in [6, 6.07) is 11.3. The van der Waals surface area contributed by atoms with Gasteiger partial charge in [-0.05, 0) is 43.3 Å². The monoisotopic (exact) mass is 390 g/mol. The van der Waals surface area contributed by atoms with E-state index in [1.54, 1.807) is 38.3 Å². The Morgan fingerprint density at radius 1 is 1.22 bits per heavy atom. The van der Waals surface area contributed by atoms with Crippen molar-refractivity contribution in [2.45, 2.75) is 19.4 Å². The smallest absolute Gasteiger partial charge is 0.311 e. The topological polar surface area (TPSA) is 74.5 Å². The third-order valence-corrected chi connectivity index (χ3v) is 4.17. The lowest BCUT2D eigenvalue weighted by Gasteiger charge is -2.10.